The van der Waals surface area contributed by atoms with Crippen molar-refractivity contribution in [1.29, 1.82) is 0 Å². The molecule has 0 saturated carbocycles. The van der Waals surface area contributed by atoms with Crippen molar-refractivity contribution in [3.8, 4) is 0 Å². The highest BCUT2D eigenvalue weighted by molar-refractivity contribution is 7.98. The molecule has 0 fully saturated rings. The van der Waals surface area contributed by atoms with Gasteiger partial charge in [0.25, 0.3) is 5.56 Å². The largest absolute Gasteiger partial charge is 0.463 e. The smallest absolute Gasteiger partial charge is 0.333 e. The van der Waals surface area contributed by atoms with Gasteiger partial charge in [-0.15, -0.1) is 34.4 Å². The molecule has 3 aromatic rings. The topological polar surface area (TPSA) is 77.4 Å². The van der Waals surface area contributed by atoms with E-state index in [1.807, 2.05) is 48.0 Å². The number of amides is 1. The molecule has 0 aliphatic heterocycles. The van der Waals surface area contributed by atoms with Crippen LogP contribution in [0.15, 0.2) is 51.5 Å². The van der Waals surface area contributed by atoms with Crippen molar-refractivity contribution in [1.82, 2.24) is 4.57 Å². The Morgan fingerprint density at radius 3 is 2.73 bits per heavy atom. The SMILES string of the molecule is CCOC(=O)/C=c1/s/c(=C/c2cccs2)c(=O)n1CC(=O)Nc1ccccc1SC. The van der Waals surface area contributed by atoms with Gasteiger partial charge in [-0.05, 0) is 42.8 Å². The summed E-state index contributed by atoms with van der Waals surface area (Å²) in [6, 6.07) is 11.2. The Balaban J connectivity index is 1.98. The molecule has 156 valence electrons. The Labute approximate surface area is 185 Å². The van der Waals surface area contributed by atoms with E-state index in [9.17, 15) is 14.4 Å². The van der Waals surface area contributed by atoms with Crippen LogP contribution < -0.4 is 20.1 Å². The summed E-state index contributed by atoms with van der Waals surface area (Å²) in [7, 11) is 0. The van der Waals surface area contributed by atoms with E-state index in [2.05, 4.69) is 5.32 Å². The fourth-order valence-corrected chi connectivity index (χ4v) is 4.97. The number of ether oxygens (including phenoxy) is 1. The van der Waals surface area contributed by atoms with Gasteiger partial charge in [-0.1, -0.05) is 18.2 Å². The average molecular weight is 461 g/mol. The van der Waals surface area contributed by atoms with E-state index in [1.54, 1.807) is 13.0 Å². The molecule has 0 bridgehead atoms. The van der Waals surface area contributed by atoms with Crippen molar-refractivity contribution in [2.75, 3.05) is 18.2 Å². The van der Waals surface area contributed by atoms with E-state index in [1.165, 1.54) is 33.7 Å². The van der Waals surface area contributed by atoms with Crippen LogP contribution in [0.4, 0.5) is 5.69 Å². The third kappa shape index (κ3) is 5.50. The predicted octanol–water partition coefficient (Wildman–Crippen LogP) is 2.50. The summed E-state index contributed by atoms with van der Waals surface area (Å²) < 4.78 is 7.10. The van der Waals surface area contributed by atoms with Gasteiger partial charge in [0.2, 0.25) is 5.91 Å². The maximum atomic E-state index is 13.0. The number of hydrogen-bond acceptors (Lipinski definition) is 7. The van der Waals surface area contributed by atoms with Crippen molar-refractivity contribution in [3.05, 3.63) is 66.2 Å². The van der Waals surface area contributed by atoms with Crippen molar-refractivity contribution in [2.24, 2.45) is 0 Å². The van der Waals surface area contributed by atoms with Gasteiger partial charge in [-0.2, -0.15) is 0 Å². The summed E-state index contributed by atoms with van der Waals surface area (Å²) in [5.74, 6) is -0.902. The van der Waals surface area contributed by atoms with Crippen molar-refractivity contribution in [2.45, 2.75) is 18.4 Å². The molecule has 1 amide bonds. The van der Waals surface area contributed by atoms with Crippen molar-refractivity contribution in [3.63, 3.8) is 0 Å². The van der Waals surface area contributed by atoms with Gasteiger partial charge in [-0.25, -0.2) is 4.79 Å². The highest BCUT2D eigenvalue weighted by atomic mass is 32.2. The number of carbonyl (C=O) groups is 2. The lowest BCUT2D eigenvalue weighted by molar-refractivity contribution is -0.135. The molecular weight excluding hydrogens is 440 g/mol. The number of benzene rings is 1. The van der Waals surface area contributed by atoms with Gasteiger partial charge in [0.1, 0.15) is 11.2 Å². The predicted molar refractivity (Wildman–Crippen MR) is 124 cm³/mol. The first-order chi connectivity index (χ1) is 14.5. The lowest BCUT2D eigenvalue weighted by atomic mass is 10.3. The summed E-state index contributed by atoms with van der Waals surface area (Å²) in [6.45, 7) is 1.73. The summed E-state index contributed by atoms with van der Waals surface area (Å²) >= 11 is 4.18. The molecule has 0 unspecified atom stereocenters. The molecule has 30 heavy (non-hydrogen) atoms. The molecule has 2 aromatic heterocycles. The van der Waals surface area contributed by atoms with Crippen LogP contribution in [0.1, 0.15) is 11.8 Å². The number of aromatic nitrogens is 1. The quantitative estimate of drug-likeness (QED) is 0.433. The van der Waals surface area contributed by atoms with Gasteiger partial charge in [0, 0.05) is 9.77 Å². The number of thiophene rings is 1. The molecule has 0 aliphatic carbocycles. The highest BCUT2D eigenvalue weighted by Crippen LogP contribution is 2.24. The molecule has 0 saturated heterocycles. The molecule has 1 N–H and O–H groups in total. The minimum absolute atomic E-state index is 0.207. The number of rotatable bonds is 7. The maximum Gasteiger partial charge on any atom is 0.333 e. The zero-order chi connectivity index (χ0) is 21.5. The second kappa shape index (κ2) is 10.4. The monoisotopic (exact) mass is 460 g/mol. The molecule has 6 nitrogen and oxygen atoms in total. The van der Waals surface area contributed by atoms with Crippen LogP contribution in [-0.2, 0) is 20.9 Å². The van der Waals surface area contributed by atoms with Gasteiger partial charge in [0.15, 0.2) is 0 Å². The van der Waals surface area contributed by atoms with Crippen LogP contribution in [0.25, 0.3) is 12.2 Å². The fourth-order valence-electron chi connectivity index (χ4n) is 2.66. The van der Waals surface area contributed by atoms with Gasteiger partial charge in [-0.3, -0.25) is 14.2 Å². The Morgan fingerprint density at radius 2 is 2.03 bits per heavy atom. The number of thiazole rings is 1. The number of hydrogen-bond donors (Lipinski definition) is 1. The van der Waals surface area contributed by atoms with Crippen LogP contribution >= 0.6 is 34.4 Å². The van der Waals surface area contributed by atoms with Gasteiger partial charge in [0.05, 0.1) is 22.9 Å². The molecule has 1 aromatic carbocycles. The lowest BCUT2D eigenvalue weighted by Gasteiger charge is -2.09. The summed E-state index contributed by atoms with van der Waals surface area (Å²) in [5, 5.41) is 4.76. The van der Waals surface area contributed by atoms with Crippen LogP contribution in [0, 0.1) is 0 Å². The zero-order valence-corrected chi connectivity index (χ0v) is 18.9. The van der Waals surface area contributed by atoms with Gasteiger partial charge < -0.3 is 10.1 Å². The summed E-state index contributed by atoms with van der Waals surface area (Å²) in [4.78, 5) is 39.4. The molecule has 3 rings (SSSR count). The Hall–Kier alpha value is -2.62. The fraction of sp³-hybridized carbons (Fsp3) is 0.190. The average Bonchev–Trinajstić information content (AvgIpc) is 3.33. The second-order valence-corrected chi connectivity index (χ2v) is 8.89. The maximum absolute atomic E-state index is 13.0. The molecule has 0 atom stereocenters. The molecule has 0 aliphatic rings. The number of esters is 1. The number of nitrogens with one attached hydrogen (secondary N) is 1. The third-order valence-electron chi connectivity index (χ3n) is 3.96. The van der Waals surface area contributed by atoms with Crippen LogP contribution in [0.5, 0.6) is 0 Å². The summed E-state index contributed by atoms with van der Waals surface area (Å²) in [6.07, 6.45) is 4.94. The number of thioether (sulfide) groups is 1. The molecule has 0 radical (unpaired) electrons. The number of anilines is 1. The Morgan fingerprint density at radius 1 is 1.23 bits per heavy atom. The first kappa shape index (κ1) is 22.1. The summed E-state index contributed by atoms with van der Waals surface area (Å²) in [5.41, 5.74) is 0.358. The Bertz CT molecular complexity index is 1210. The van der Waals surface area contributed by atoms with E-state index < -0.39 is 5.97 Å². The van der Waals surface area contributed by atoms with E-state index in [0.717, 1.165) is 21.1 Å². The highest BCUT2D eigenvalue weighted by Gasteiger charge is 2.12. The Kier molecular flexibility index (Phi) is 7.67. The van der Waals surface area contributed by atoms with E-state index >= 15 is 0 Å². The van der Waals surface area contributed by atoms with Gasteiger partial charge >= 0.3 is 5.97 Å². The molecule has 9 heteroatoms. The van der Waals surface area contributed by atoms with Crippen molar-refractivity contribution >= 4 is 64.2 Å². The first-order valence-corrected chi connectivity index (χ1v) is 12.0. The number of carbonyl (C=O) groups excluding carboxylic acids is 2. The van der Waals surface area contributed by atoms with E-state index in [4.69, 9.17) is 4.74 Å². The van der Waals surface area contributed by atoms with Crippen LogP contribution in [0.3, 0.4) is 0 Å². The van der Waals surface area contributed by atoms with E-state index in [-0.39, 0.29) is 24.6 Å². The number of nitrogens with zero attached hydrogens (tertiary/aromatic N) is 1. The molecule has 2 heterocycles. The molecule has 0 spiro atoms. The normalized spacial score (nSPS) is 12.2. The van der Waals surface area contributed by atoms with E-state index in [0.29, 0.717) is 14.9 Å². The minimum atomic E-state index is -0.552. The van der Waals surface area contributed by atoms with Crippen molar-refractivity contribution < 1.29 is 14.3 Å². The molecular formula is C21H20N2O4S3. The second-order valence-electron chi connectivity index (χ2n) is 6.00. The van der Waals surface area contributed by atoms with Crippen LogP contribution in [0.2, 0.25) is 0 Å². The van der Waals surface area contributed by atoms with Crippen LogP contribution in [-0.4, -0.2) is 29.3 Å². The minimum Gasteiger partial charge on any atom is -0.463 e. The lowest BCUT2D eigenvalue weighted by Crippen LogP contribution is -2.36. The number of para-hydroxylation sites is 1. The zero-order valence-electron chi connectivity index (χ0n) is 16.4. The third-order valence-corrected chi connectivity index (χ3v) is 6.64. The first-order valence-electron chi connectivity index (χ1n) is 9.08. The standard InChI is InChI=1S/C21H20N2O4S3/c1-3-27-20(25)12-19-23(21(26)17(30-19)11-14-7-6-10-29-14)13-18(24)22-15-8-4-5-9-16(15)28-2/h4-12H,3,13H2,1-2H3,(H,22,24)/b17-11+,19-12+.